The van der Waals surface area contributed by atoms with Crippen LogP contribution >= 0.6 is 0 Å². The highest BCUT2D eigenvalue weighted by molar-refractivity contribution is 5.98. The number of ether oxygens (including phenoxy) is 1. The Morgan fingerprint density at radius 1 is 1.03 bits per heavy atom. The number of nitrogens with zero attached hydrogens (tertiary/aromatic N) is 1. The van der Waals surface area contributed by atoms with Gasteiger partial charge in [-0.25, -0.2) is 4.99 Å². The van der Waals surface area contributed by atoms with Gasteiger partial charge in [0.05, 0.1) is 13.5 Å². The van der Waals surface area contributed by atoms with Gasteiger partial charge in [0, 0.05) is 13.0 Å². The summed E-state index contributed by atoms with van der Waals surface area (Å²) in [5, 5.41) is 5.46. The number of benzene rings is 2. The van der Waals surface area contributed by atoms with Gasteiger partial charge in [-0.3, -0.25) is 14.9 Å². The average Bonchev–Trinajstić information content (AvgIpc) is 2.72. The third-order valence-corrected chi connectivity index (χ3v) is 4.35. The molecule has 7 heteroatoms. The molecule has 2 amide bonds. The molecule has 0 aliphatic rings. The van der Waals surface area contributed by atoms with Crippen molar-refractivity contribution in [3.63, 3.8) is 0 Å². The van der Waals surface area contributed by atoms with Crippen LogP contribution in [0.3, 0.4) is 0 Å². The van der Waals surface area contributed by atoms with Crippen LogP contribution in [0, 0.1) is 5.92 Å². The molecule has 0 bridgehead atoms. The zero-order chi connectivity index (χ0) is 21.9. The first-order chi connectivity index (χ1) is 14.4. The maximum absolute atomic E-state index is 12.6. The molecule has 4 N–H and O–H groups in total. The standard InChI is InChI=1S/C23H30N4O3/c1-16(2)15-25-22(29)20(13-17-7-5-4-6-8-17)26-23(24)27-21(28)14-18-9-11-19(30-3)12-10-18/h4-12,16,20H,13-15H2,1-3H3,(H,25,29)(H3,24,26,27,28)/t20-/m1/s1. The largest absolute Gasteiger partial charge is 0.497 e. The van der Waals surface area contributed by atoms with E-state index in [2.05, 4.69) is 15.6 Å². The zero-order valence-corrected chi connectivity index (χ0v) is 17.7. The van der Waals surface area contributed by atoms with Crippen molar-refractivity contribution in [2.24, 2.45) is 16.6 Å². The van der Waals surface area contributed by atoms with Crippen LogP contribution in [0.4, 0.5) is 0 Å². The van der Waals surface area contributed by atoms with Crippen molar-refractivity contribution in [1.82, 2.24) is 10.6 Å². The molecular formula is C23H30N4O3. The lowest BCUT2D eigenvalue weighted by Crippen LogP contribution is -2.42. The summed E-state index contributed by atoms with van der Waals surface area (Å²) in [6.07, 6.45) is 0.531. The Kier molecular flexibility index (Phi) is 8.87. The minimum absolute atomic E-state index is 0.0749. The molecule has 2 rings (SSSR count). The molecule has 0 unspecified atom stereocenters. The number of rotatable bonds is 9. The number of carbonyl (C=O) groups excluding carboxylic acids is 2. The minimum atomic E-state index is -0.729. The number of guanidine groups is 1. The number of methoxy groups -OCH3 is 1. The number of nitrogens with one attached hydrogen (secondary N) is 2. The van der Waals surface area contributed by atoms with E-state index in [-0.39, 0.29) is 24.2 Å². The summed E-state index contributed by atoms with van der Waals surface area (Å²) < 4.78 is 5.11. The molecule has 2 aromatic carbocycles. The van der Waals surface area contributed by atoms with E-state index in [0.29, 0.717) is 18.9 Å². The minimum Gasteiger partial charge on any atom is -0.497 e. The Morgan fingerprint density at radius 2 is 1.70 bits per heavy atom. The van der Waals surface area contributed by atoms with Gasteiger partial charge in [0.2, 0.25) is 11.8 Å². The first kappa shape index (κ1) is 22.9. The van der Waals surface area contributed by atoms with Gasteiger partial charge in [-0.15, -0.1) is 0 Å². The smallest absolute Gasteiger partial charge is 0.245 e. The lowest BCUT2D eigenvalue weighted by molar-refractivity contribution is -0.122. The zero-order valence-electron chi connectivity index (χ0n) is 17.7. The van der Waals surface area contributed by atoms with Crippen molar-refractivity contribution in [3.8, 4) is 5.75 Å². The topological polar surface area (TPSA) is 106 Å². The summed E-state index contributed by atoms with van der Waals surface area (Å²) in [5.74, 6) is 0.435. The van der Waals surface area contributed by atoms with Gasteiger partial charge in [0.1, 0.15) is 11.8 Å². The van der Waals surface area contributed by atoms with E-state index in [9.17, 15) is 9.59 Å². The highest BCUT2D eigenvalue weighted by atomic mass is 16.5. The molecule has 0 radical (unpaired) electrons. The third-order valence-electron chi connectivity index (χ3n) is 4.35. The van der Waals surface area contributed by atoms with E-state index in [1.807, 2.05) is 56.3 Å². The highest BCUT2D eigenvalue weighted by Gasteiger charge is 2.19. The van der Waals surface area contributed by atoms with Gasteiger partial charge >= 0.3 is 0 Å². The number of aliphatic imine (C=N–C) groups is 1. The summed E-state index contributed by atoms with van der Waals surface area (Å²) in [7, 11) is 1.59. The van der Waals surface area contributed by atoms with Crippen LogP contribution in [0.1, 0.15) is 25.0 Å². The fourth-order valence-corrected chi connectivity index (χ4v) is 2.77. The lowest BCUT2D eigenvalue weighted by atomic mass is 10.1. The maximum Gasteiger partial charge on any atom is 0.245 e. The normalized spacial score (nSPS) is 12.3. The van der Waals surface area contributed by atoms with Gasteiger partial charge in [-0.2, -0.15) is 0 Å². The summed E-state index contributed by atoms with van der Waals surface area (Å²) in [5.41, 5.74) is 7.72. The second-order valence-electron chi connectivity index (χ2n) is 7.43. The molecule has 0 saturated heterocycles. The van der Waals surface area contributed by atoms with Crippen LogP contribution < -0.4 is 21.1 Å². The van der Waals surface area contributed by atoms with Crippen LogP contribution in [-0.4, -0.2) is 37.5 Å². The summed E-state index contributed by atoms with van der Waals surface area (Å²) in [6.45, 7) is 4.58. The average molecular weight is 411 g/mol. The van der Waals surface area contributed by atoms with Crippen LogP contribution in [0.2, 0.25) is 0 Å². The van der Waals surface area contributed by atoms with E-state index >= 15 is 0 Å². The van der Waals surface area contributed by atoms with Crippen LogP contribution in [0.5, 0.6) is 5.75 Å². The maximum atomic E-state index is 12.6. The molecule has 0 aromatic heterocycles. The van der Waals surface area contributed by atoms with E-state index in [1.165, 1.54) is 0 Å². The van der Waals surface area contributed by atoms with Gasteiger partial charge < -0.3 is 15.8 Å². The van der Waals surface area contributed by atoms with Crippen LogP contribution in [-0.2, 0) is 22.4 Å². The molecule has 7 nitrogen and oxygen atoms in total. The molecule has 1 atom stereocenters. The second kappa shape index (κ2) is 11.6. The second-order valence-corrected chi connectivity index (χ2v) is 7.43. The predicted molar refractivity (Wildman–Crippen MR) is 118 cm³/mol. The molecule has 2 aromatic rings. The Balaban J connectivity index is 2.04. The van der Waals surface area contributed by atoms with Crippen LogP contribution in [0.25, 0.3) is 0 Å². The molecule has 0 heterocycles. The number of hydrogen-bond acceptors (Lipinski definition) is 4. The first-order valence-electron chi connectivity index (χ1n) is 9.95. The van der Waals surface area contributed by atoms with Crippen molar-refractivity contribution in [2.45, 2.75) is 32.7 Å². The Hall–Kier alpha value is -3.35. The monoisotopic (exact) mass is 410 g/mol. The molecule has 0 saturated carbocycles. The number of hydrogen-bond donors (Lipinski definition) is 3. The Morgan fingerprint density at radius 3 is 2.30 bits per heavy atom. The number of amides is 2. The van der Waals surface area contributed by atoms with E-state index < -0.39 is 6.04 Å². The van der Waals surface area contributed by atoms with Crippen molar-refractivity contribution in [1.29, 1.82) is 0 Å². The summed E-state index contributed by atoms with van der Waals surface area (Å²) >= 11 is 0. The van der Waals surface area contributed by atoms with E-state index in [0.717, 1.165) is 16.9 Å². The van der Waals surface area contributed by atoms with Gasteiger partial charge in [0.15, 0.2) is 5.96 Å². The number of carbonyl (C=O) groups is 2. The predicted octanol–water partition coefficient (Wildman–Crippen LogP) is 2.05. The molecule has 0 spiro atoms. The fourth-order valence-electron chi connectivity index (χ4n) is 2.77. The Labute approximate surface area is 177 Å². The summed E-state index contributed by atoms with van der Waals surface area (Å²) in [4.78, 5) is 29.2. The third kappa shape index (κ3) is 7.95. The van der Waals surface area contributed by atoms with Gasteiger partial charge in [-0.1, -0.05) is 56.3 Å². The quantitative estimate of drug-likeness (QED) is 0.434. The number of nitrogens with two attached hydrogens (primary N) is 1. The molecule has 30 heavy (non-hydrogen) atoms. The van der Waals surface area contributed by atoms with Crippen LogP contribution in [0.15, 0.2) is 59.6 Å². The molecule has 160 valence electrons. The SMILES string of the molecule is COc1ccc(CC(=O)NC(N)=N[C@H](Cc2ccccc2)C(=O)NCC(C)C)cc1. The van der Waals surface area contributed by atoms with Crippen molar-refractivity contribution >= 4 is 17.8 Å². The van der Waals surface area contributed by atoms with E-state index in [4.69, 9.17) is 10.5 Å². The molecular weight excluding hydrogens is 380 g/mol. The molecule has 0 aliphatic carbocycles. The Bertz CT molecular complexity index is 849. The van der Waals surface area contributed by atoms with Crippen molar-refractivity contribution in [2.75, 3.05) is 13.7 Å². The van der Waals surface area contributed by atoms with Crippen molar-refractivity contribution in [3.05, 3.63) is 65.7 Å². The fraction of sp³-hybridized carbons (Fsp3) is 0.348. The lowest BCUT2D eigenvalue weighted by Gasteiger charge is -2.16. The van der Waals surface area contributed by atoms with Gasteiger partial charge in [0.25, 0.3) is 0 Å². The summed E-state index contributed by atoms with van der Waals surface area (Å²) in [6, 6.07) is 16.0. The first-order valence-corrected chi connectivity index (χ1v) is 9.95. The van der Waals surface area contributed by atoms with Gasteiger partial charge in [-0.05, 0) is 29.2 Å². The van der Waals surface area contributed by atoms with E-state index in [1.54, 1.807) is 19.2 Å². The highest BCUT2D eigenvalue weighted by Crippen LogP contribution is 2.11. The van der Waals surface area contributed by atoms with Crippen molar-refractivity contribution < 1.29 is 14.3 Å². The molecule has 0 aliphatic heterocycles. The molecule has 0 fully saturated rings.